The quantitative estimate of drug-likeness (QED) is 0.855. The zero-order valence-corrected chi connectivity index (χ0v) is 12.4. The van der Waals surface area contributed by atoms with Gasteiger partial charge in [0.05, 0.1) is 18.3 Å². The number of carboxylic acid groups (broad SMARTS) is 1. The van der Waals surface area contributed by atoms with Crippen molar-refractivity contribution in [3.8, 4) is 0 Å². The first kappa shape index (κ1) is 14.1. The number of nitrogens with one attached hydrogen (secondary N) is 1. The second-order valence-electron chi connectivity index (χ2n) is 6.21. The number of aromatic nitrogens is 2. The molecule has 5 heteroatoms. The van der Waals surface area contributed by atoms with Crippen molar-refractivity contribution in [2.24, 2.45) is 5.92 Å². The third-order valence-corrected chi connectivity index (χ3v) is 4.15. The lowest BCUT2D eigenvalue weighted by Gasteiger charge is -2.33. The largest absolute Gasteiger partial charge is 0.480 e. The molecule has 1 saturated carbocycles. The van der Waals surface area contributed by atoms with E-state index in [1.165, 1.54) is 0 Å². The minimum absolute atomic E-state index is 0.114. The molecule has 0 spiro atoms. The third-order valence-electron chi connectivity index (χ3n) is 4.15. The number of hydrogen-bond acceptors (Lipinski definition) is 3. The highest BCUT2D eigenvalue weighted by Crippen LogP contribution is 2.41. The topological polar surface area (TPSA) is 67.2 Å². The minimum Gasteiger partial charge on any atom is -0.480 e. The monoisotopic (exact) mass is 287 g/mol. The van der Waals surface area contributed by atoms with Gasteiger partial charge in [0, 0.05) is 11.4 Å². The Morgan fingerprint density at radius 1 is 1.48 bits per heavy atom. The lowest BCUT2D eigenvalue weighted by Crippen LogP contribution is -2.59. The first-order chi connectivity index (χ1) is 10.0. The second kappa shape index (κ2) is 5.15. The molecule has 1 atom stereocenters. The molecule has 1 aromatic heterocycles. The molecule has 3 rings (SSSR count). The number of rotatable bonds is 6. The van der Waals surface area contributed by atoms with E-state index in [0.717, 1.165) is 23.7 Å². The van der Waals surface area contributed by atoms with Gasteiger partial charge in [-0.1, -0.05) is 18.2 Å². The Morgan fingerprint density at radius 3 is 2.81 bits per heavy atom. The van der Waals surface area contributed by atoms with Crippen molar-refractivity contribution in [1.29, 1.82) is 0 Å². The van der Waals surface area contributed by atoms with Gasteiger partial charge in [-0.25, -0.2) is 0 Å². The average Bonchev–Trinajstić information content (AvgIpc) is 3.21. The summed E-state index contributed by atoms with van der Waals surface area (Å²) in [4.78, 5) is 12.0. The highest BCUT2D eigenvalue weighted by molar-refractivity contribution is 5.81. The number of carbonyl (C=O) groups is 1. The highest BCUT2D eigenvalue weighted by Gasteiger charge is 2.52. The van der Waals surface area contributed by atoms with Crippen molar-refractivity contribution >= 4 is 16.9 Å². The Morgan fingerprint density at radius 2 is 2.19 bits per heavy atom. The molecule has 0 saturated heterocycles. The summed E-state index contributed by atoms with van der Waals surface area (Å²) in [6.07, 6.45) is 3.72. The maximum Gasteiger partial charge on any atom is 0.326 e. The van der Waals surface area contributed by atoms with Crippen LogP contribution in [0.1, 0.15) is 26.7 Å². The van der Waals surface area contributed by atoms with Crippen LogP contribution < -0.4 is 5.32 Å². The molecule has 1 unspecified atom stereocenters. The number of carboxylic acids is 1. The van der Waals surface area contributed by atoms with Crippen molar-refractivity contribution in [3.05, 3.63) is 30.5 Å². The minimum atomic E-state index is -0.928. The van der Waals surface area contributed by atoms with Crippen molar-refractivity contribution < 1.29 is 9.90 Å². The molecule has 1 fully saturated rings. The predicted molar refractivity (Wildman–Crippen MR) is 81.1 cm³/mol. The summed E-state index contributed by atoms with van der Waals surface area (Å²) >= 11 is 0. The average molecular weight is 287 g/mol. The molecule has 0 amide bonds. The molecule has 0 aliphatic heterocycles. The molecule has 1 heterocycles. The summed E-state index contributed by atoms with van der Waals surface area (Å²) in [5, 5.41) is 18.6. The van der Waals surface area contributed by atoms with E-state index in [4.69, 9.17) is 0 Å². The number of aliphatic carboxylic acids is 1. The lowest BCUT2D eigenvalue weighted by molar-refractivity contribution is -0.147. The fourth-order valence-corrected chi connectivity index (χ4v) is 3.08. The van der Waals surface area contributed by atoms with Gasteiger partial charge >= 0.3 is 5.97 Å². The molecule has 1 aliphatic rings. The van der Waals surface area contributed by atoms with Gasteiger partial charge in [-0.2, -0.15) is 5.10 Å². The normalized spacial score (nSPS) is 18.0. The van der Waals surface area contributed by atoms with Crippen LogP contribution in [-0.4, -0.2) is 32.4 Å². The number of para-hydroxylation sites is 1. The van der Waals surface area contributed by atoms with Crippen LogP contribution in [0, 0.1) is 5.92 Å². The van der Waals surface area contributed by atoms with Gasteiger partial charge in [0.25, 0.3) is 0 Å². The van der Waals surface area contributed by atoms with Crippen LogP contribution in [0.4, 0.5) is 0 Å². The van der Waals surface area contributed by atoms with E-state index in [-0.39, 0.29) is 12.0 Å². The van der Waals surface area contributed by atoms with Crippen LogP contribution in [0.3, 0.4) is 0 Å². The second-order valence-corrected chi connectivity index (χ2v) is 6.21. The molecule has 0 radical (unpaired) electrons. The molecule has 5 nitrogen and oxygen atoms in total. The Labute approximate surface area is 124 Å². The van der Waals surface area contributed by atoms with Crippen LogP contribution >= 0.6 is 0 Å². The zero-order valence-electron chi connectivity index (χ0n) is 12.4. The summed E-state index contributed by atoms with van der Waals surface area (Å²) in [6.45, 7) is 4.33. The smallest absolute Gasteiger partial charge is 0.326 e. The van der Waals surface area contributed by atoms with E-state index in [2.05, 4.69) is 10.4 Å². The van der Waals surface area contributed by atoms with Gasteiger partial charge in [0.1, 0.15) is 5.54 Å². The molecule has 0 bridgehead atoms. The summed E-state index contributed by atoms with van der Waals surface area (Å²) in [5.41, 5.74) is 0.0532. The van der Waals surface area contributed by atoms with E-state index in [1.807, 2.05) is 42.8 Å². The molecular weight excluding hydrogens is 266 g/mol. The Kier molecular flexibility index (Phi) is 3.45. The van der Waals surface area contributed by atoms with E-state index < -0.39 is 11.5 Å². The number of fused-ring (bicyclic) bond motifs is 1. The molecular formula is C16H21N3O2. The van der Waals surface area contributed by atoms with Crippen LogP contribution in [-0.2, 0) is 11.3 Å². The van der Waals surface area contributed by atoms with Crippen LogP contribution in [0.5, 0.6) is 0 Å². The molecule has 2 aromatic rings. The van der Waals surface area contributed by atoms with Crippen LogP contribution in [0.15, 0.2) is 30.5 Å². The number of benzene rings is 1. The van der Waals surface area contributed by atoms with Crippen molar-refractivity contribution in [2.45, 2.75) is 44.8 Å². The van der Waals surface area contributed by atoms with Gasteiger partial charge in [-0.15, -0.1) is 0 Å². The Balaban J connectivity index is 1.99. The van der Waals surface area contributed by atoms with E-state index in [0.29, 0.717) is 6.54 Å². The third kappa shape index (κ3) is 2.53. The summed E-state index contributed by atoms with van der Waals surface area (Å²) < 4.78 is 1.82. The van der Waals surface area contributed by atoms with Crippen molar-refractivity contribution in [1.82, 2.24) is 15.1 Å². The molecule has 2 N–H and O–H groups in total. The maximum absolute atomic E-state index is 12.0. The van der Waals surface area contributed by atoms with Gasteiger partial charge in [0.2, 0.25) is 0 Å². The standard InChI is InChI=1S/C16H21N3O2/c1-11(2)18-16(15(20)21,13-7-8-13)10-19-14-6-4-3-5-12(14)9-17-19/h3-6,9,11,13,18H,7-8,10H2,1-2H3,(H,20,21). The summed E-state index contributed by atoms with van der Waals surface area (Å²) in [7, 11) is 0. The Hall–Kier alpha value is -1.88. The van der Waals surface area contributed by atoms with Gasteiger partial charge in [0.15, 0.2) is 0 Å². The number of hydrogen-bond donors (Lipinski definition) is 2. The predicted octanol–water partition coefficient (Wildman–Crippen LogP) is 2.27. The van der Waals surface area contributed by atoms with Crippen molar-refractivity contribution in [2.75, 3.05) is 0 Å². The van der Waals surface area contributed by atoms with Gasteiger partial charge in [-0.05, 0) is 38.7 Å². The van der Waals surface area contributed by atoms with Gasteiger partial charge < -0.3 is 5.11 Å². The highest BCUT2D eigenvalue weighted by atomic mass is 16.4. The summed E-state index contributed by atoms with van der Waals surface area (Å²) in [5.74, 6) is -0.598. The van der Waals surface area contributed by atoms with Gasteiger partial charge in [-0.3, -0.25) is 14.8 Å². The lowest BCUT2D eigenvalue weighted by atomic mass is 9.92. The first-order valence-electron chi connectivity index (χ1n) is 7.44. The fourth-order valence-electron chi connectivity index (χ4n) is 3.08. The van der Waals surface area contributed by atoms with Crippen LogP contribution in [0.2, 0.25) is 0 Å². The molecule has 1 aromatic carbocycles. The van der Waals surface area contributed by atoms with E-state index >= 15 is 0 Å². The molecule has 112 valence electrons. The van der Waals surface area contributed by atoms with Crippen molar-refractivity contribution in [3.63, 3.8) is 0 Å². The van der Waals surface area contributed by atoms with E-state index in [9.17, 15) is 9.90 Å². The maximum atomic E-state index is 12.0. The Bertz CT molecular complexity index is 660. The molecule has 21 heavy (non-hydrogen) atoms. The first-order valence-corrected chi connectivity index (χ1v) is 7.44. The fraction of sp³-hybridized carbons (Fsp3) is 0.500. The van der Waals surface area contributed by atoms with Crippen LogP contribution in [0.25, 0.3) is 10.9 Å². The SMILES string of the molecule is CC(C)NC(Cn1ncc2ccccc21)(C(=O)O)C1CC1. The van der Waals surface area contributed by atoms with E-state index in [1.54, 1.807) is 6.20 Å². The zero-order chi connectivity index (χ0) is 15.0. The number of nitrogens with zero attached hydrogens (tertiary/aromatic N) is 2. The summed E-state index contributed by atoms with van der Waals surface area (Å²) in [6, 6.07) is 8.01. The molecule has 1 aliphatic carbocycles.